The van der Waals surface area contributed by atoms with Crippen LogP contribution in [0.1, 0.15) is 32.1 Å². The molecule has 3 rings (SSSR count). The third kappa shape index (κ3) is 2.80. The molecule has 1 aliphatic carbocycles. The highest BCUT2D eigenvalue weighted by atomic mass is 16.5. The van der Waals surface area contributed by atoms with Gasteiger partial charge in [0, 0.05) is 25.7 Å². The second-order valence-corrected chi connectivity index (χ2v) is 5.65. The maximum absolute atomic E-state index is 12.2. The van der Waals surface area contributed by atoms with Crippen LogP contribution in [0, 0.1) is 5.92 Å². The first kappa shape index (κ1) is 11.5. The highest BCUT2D eigenvalue weighted by molar-refractivity contribution is 5.84. The molecule has 0 aromatic rings. The van der Waals surface area contributed by atoms with E-state index in [1.54, 1.807) is 0 Å². The van der Waals surface area contributed by atoms with Crippen molar-refractivity contribution in [2.24, 2.45) is 5.92 Å². The molecule has 1 N–H and O–H groups in total. The molecular weight excluding hydrogens is 216 g/mol. The van der Waals surface area contributed by atoms with Crippen molar-refractivity contribution in [1.29, 1.82) is 0 Å². The minimum absolute atomic E-state index is 0.104. The van der Waals surface area contributed by atoms with Crippen molar-refractivity contribution in [2.75, 3.05) is 26.3 Å². The lowest BCUT2D eigenvalue weighted by molar-refractivity contribution is -0.130. The molecule has 96 valence electrons. The van der Waals surface area contributed by atoms with E-state index in [1.807, 2.05) is 4.90 Å². The summed E-state index contributed by atoms with van der Waals surface area (Å²) < 4.78 is 5.48. The number of nitrogens with one attached hydrogen (secondary N) is 1. The van der Waals surface area contributed by atoms with E-state index >= 15 is 0 Å². The maximum atomic E-state index is 12.2. The largest absolute Gasteiger partial charge is 0.381 e. The summed E-state index contributed by atoms with van der Waals surface area (Å²) in [4.78, 5) is 14.2. The second-order valence-electron chi connectivity index (χ2n) is 5.65. The van der Waals surface area contributed by atoms with Gasteiger partial charge in [-0.1, -0.05) is 0 Å². The van der Waals surface area contributed by atoms with Gasteiger partial charge in [-0.05, 0) is 38.0 Å². The highest BCUT2D eigenvalue weighted by Crippen LogP contribution is 2.24. The van der Waals surface area contributed by atoms with Gasteiger partial charge >= 0.3 is 0 Å². The Morgan fingerprint density at radius 1 is 1.29 bits per heavy atom. The summed E-state index contributed by atoms with van der Waals surface area (Å²) in [5, 5.41) is 3.45. The average Bonchev–Trinajstić information content (AvgIpc) is 3.11. The van der Waals surface area contributed by atoms with Gasteiger partial charge in [0.15, 0.2) is 0 Å². The van der Waals surface area contributed by atoms with Crippen molar-refractivity contribution >= 4 is 5.91 Å². The predicted octanol–water partition coefficient (Wildman–Crippen LogP) is 0.766. The summed E-state index contributed by atoms with van der Waals surface area (Å²) in [7, 11) is 0. The van der Waals surface area contributed by atoms with E-state index in [2.05, 4.69) is 5.32 Å². The fraction of sp³-hybridized carbons (Fsp3) is 0.923. The topological polar surface area (TPSA) is 41.6 Å². The number of amides is 1. The SMILES string of the molecule is O=C1C(NC2CC2)CCN1CC1CCCOC1. The molecule has 1 saturated carbocycles. The van der Waals surface area contributed by atoms with Gasteiger partial charge in [-0.25, -0.2) is 0 Å². The molecule has 0 spiro atoms. The summed E-state index contributed by atoms with van der Waals surface area (Å²) in [5.41, 5.74) is 0. The van der Waals surface area contributed by atoms with Crippen molar-refractivity contribution in [2.45, 2.75) is 44.2 Å². The van der Waals surface area contributed by atoms with Crippen LogP contribution in [0.2, 0.25) is 0 Å². The Morgan fingerprint density at radius 2 is 2.18 bits per heavy atom. The Morgan fingerprint density at radius 3 is 2.88 bits per heavy atom. The molecule has 2 atom stereocenters. The quantitative estimate of drug-likeness (QED) is 0.786. The lowest BCUT2D eigenvalue weighted by Crippen LogP contribution is -2.41. The summed E-state index contributed by atoms with van der Waals surface area (Å²) >= 11 is 0. The summed E-state index contributed by atoms with van der Waals surface area (Å²) in [5.74, 6) is 0.884. The summed E-state index contributed by atoms with van der Waals surface area (Å²) in [6.07, 6.45) is 5.85. The van der Waals surface area contributed by atoms with E-state index in [9.17, 15) is 4.79 Å². The Balaban J connectivity index is 1.48. The van der Waals surface area contributed by atoms with Crippen molar-refractivity contribution in [3.8, 4) is 0 Å². The zero-order valence-corrected chi connectivity index (χ0v) is 10.4. The van der Waals surface area contributed by atoms with E-state index in [0.717, 1.165) is 39.1 Å². The number of hydrogen-bond acceptors (Lipinski definition) is 3. The Labute approximate surface area is 103 Å². The minimum atomic E-state index is 0.104. The van der Waals surface area contributed by atoms with Gasteiger partial charge in [-0.3, -0.25) is 4.79 Å². The number of nitrogens with zero attached hydrogens (tertiary/aromatic N) is 1. The zero-order chi connectivity index (χ0) is 11.7. The van der Waals surface area contributed by atoms with Gasteiger partial charge in [0.05, 0.1) is 12.6 Å². The van der Waals surface area contributed by atoms with E-state index < -0.39 is 0 Å². The van der Waals surface area contributed by atoms with Gasteiger partial charge in [0.25, 0.3) is 0 Å². The molecule has 17 heavy (non-hydrogen) atoms. The monoisotopic (exact) mass is 238 g/mol. The molecule has 3 aliphatic rings. The molecule has 4 nitrogen and oxygen atoms in total. The molecule has 2 aliphatic heterocycles. The lowest BCUT2D eigenvalue weighted by Gasteiger charge is -2.27. The van der Waals surface area contributed by atoms with Crippen LogP contribution in [0.25, 0.3) is 0 Å². The van der Waals surface area contributed by atoms with Crippen LogP contribution in [-0.4, -0.2) is 49.2 Å². The highest BCUT2D eigenvalue weighted by Gasteiger charge is 2.36. The first-order valence-corrected chi connectivity index (χ1v) is 6.95. The molecule has 2 heterocycles. The van der Waals surface area contributed by atoms with Crippen LogP contribution < -0.4 is 5.32 Å². The lowest BCUT2D eigenvalue weighted by atomic mass is 10.0. The molecular formula is C13H22N2O2. The molecule has 2 saturated heterocycles. The molecule has 0 radical (unpaired) electrons. The standard InChI is InChI=1S/C13H22N2O2/c16-13-12(14-11-3-4-11)5-6-15(13)8-10-2-1-7-17-9-10/h10-12,14H,1-9H2. The predicted molar refractivity (Wildman–Crippen MR) is 64.7 cm³/mol. The van der Waals surface area contributed by atoms with Crippen molar-refractivity contribution in [3.05, 3.63) is 0 Å². The van der Waals surface area contributed by atoms with Gasteiger partial charge < -0.3 is 15.0 Å². The Bertz CT molecular complexity index is 285. The number of likely N-dealkylation sites (tertiary alicyclic amines) is 1. The number of hydrogen-bond donors (Lipinski definition) is 1. The van der Waals surface area contributed by atoms with E-state index in [1.165, 1.54) is 19.3 Å². The number of carbonyl (C=O) groups excluding carboxylic acids is 1. The van der Waals surface area contributed by atoms with Crippen molar-refractivity contribution in [3.63, 3.8) is 0 Å². The molecule has 0 aromatic carbocycles. The molecule has 1 amide bonds. The fourth-order valence-electron chi connectivity index (χ4n) is 2.87. The Hall–Kier alpha value is -0.610. The number of carbonyl (C=O) groups is 1. The molecule has 2 unspecified atom stereocenters. The van der Waals surface area contributed by atoms with E-state index in [4.69, 9.17) is 4.74 Å². The second kappa shape index (κ2) is 4.94. The molecule has 0 bridgehead atoms. The first-order valence-electron chi connectivity index (χ1n) is 6.95. The average molecular weight is 238 g/mol. The van der Waals surface area contributed by atoms with Crippen LogP contribution in [0.15, 0.2) is 0 Å². The minimum Gasteiger partial charge on any atom is -0.381 e. The van der Waals surface area contributed by atoms with Crippen LogP contribution in [0.3, 0.4) is 0 Å². The molecule has 3 fully saturated rings. The van der Waals surface area contributed by atoms with Gasteiger partial charge in [0.1, 0.15) is 0 Å². The van der Waals surface area contributed by atoms with Crippen LogP contribution in [0.4, 0.5) is 0 Å². The molecule has 0 aromatic heterocycles. The normalized spacial score (nSPS) is 34.4. The fourth-order valence-corrected chi connectivity index (χ4v) is 2.87. The summed E-state index contributed by atoms with van der Waals surface area (Å²) in [6.45, 7) is 3.57. The van der Waals surface area contributed by atoms with Crippen molar-refractivity contribution in [1.82, 2.24) is 10.2 Å². The smallest absolute Gasteiger partial charge is 0.239 e. The third-order valence-corrected chi connectivity index (χ3v) is 4.04. The van der Waals surface area contributed by atoms with Gasteiger partial charge in [-0.2, -0.15) is 0 Å². The van der Waals surface area contributed by atoms with Gasteiger partial charge in [0.2, 0.25) is 5.91 Å². The van der Waals surface area contributed by atoms with Gasteiger partial charge in [-0.15, -0.1) is 0 Å². The third-order valence-electron chi connectivity index (χ3n) is 4.04. The summed E-state index contributed by atoms with van der Waals surface area (Å²) in [6, 6.07) is 0.730. The number of ether oxygens (including phenoxy) is 1. The first-order chi connectivity index (χ1) is 8.33. The molecule has 4 heteroatoms. The van der Waals surface area contributed by atoms with E-state index in [-0.39, 0.29) is 6.04 Å². The van der Waals surface area contributed by atoms with E-state index in [0.29, 0.717) is 17.9 Å². The Kier molecular flexibility index (Phi) is 3.34. The van der Waals surface area contributed by atoms with Crippen molar-refractivity contribution < 1.29 is 9.53 Å². The number of rotatable bonds is 4. The van der Waals surface area contributed by atoms with Crippen LogP contribution in [-0.2, 0) is 9.53 Å². The van der Waals surface area contributed by atoms with Crippen LogP contribution >= 0.6 is 0 Å². The maximum Gasteiger partial charge on any atom is 0.239 e. The zero-order valence-electron chi connectivity index (χ0n) is 10.4. The van der Waals surface area contributed by atoms with Crippen LogP contribution in [0.5, 0.6) is 0 Å².